The molecule has 6 nitrogen and oxygen atoms in total. The average molecular weight is 236 g/mol. The van der Waals surface area contributed by atoms with Gasteiger partial charge in [-0.3, -0.25) is 9.78 Å². The minimum Gasteiger partial charge on any atom is -0.409 e. The number of nitrogens with one attached hydrogen (secondary N) is 1. The van der Waals surface area contributed by atoms with Crippen molar-refractivity contribution in [2.75, 3.05) is 0 Å². The number of rotatable bonds is 4. The van der Waals surface area contributed by atoms with Crippen molar-refractivity contribution in [2.45, 2.75) is 26.3 Å². The summed E-state index contributed by atoms with van der Waals surface area (Å²) in [6.45, 7) is 3.68. The zero-order valence-corrected chi connectivity index (χ0v) is 9.84. The predicted octanol–water partition coefficient (Wildman–Crippen LogP) is 0.645. The molecule has 0 aliphatic carbocycles. The van der Waals surface area contributed by atoms with Crippen LogP contribution in [0.25, 0.3) is 0 Å². The third kappa shape index (κ3) is 3.44. The summed E-state index contributed by atoms with van der Waals surface area (Å²) in [5.41, 5.74) is 6.80. The minimum atomic E-state index is -0.479. The van der Waals surface area contributed by atoms with Crippen LogP contribution < -0.4 is 11.1 Å². The first-order valence-electron chi connectivity index (χ1n) is 5.28. The number of carbonyl (C=O) groups is 1. The number of oxime groups is 1. The van der Waals surface area contributed by atoms with Crippen LogP contribution in [-0.4, -0.2) is 28.0 Å². The van der Waals surface area contributed by atoms with Crippen LogP contribution in [0, 0.1) is 6.92 Å². The molecule has 1 amide bonds. The standard InChI is InChI=1S/C11H16N4O2/c1-3-9(10(12)15-17)14-11(16)8-4-7(2)5-13-6-8/h4-6,9,17H,3H2,1-2H3,(H2,12,15)(H,14,16). The highest BCUT2D eigenvalue weighted by atomic mass is 16.4. The number of amidine groups is 1. The Kier molecular flexibility index (Phi) is 4.45. The normalized spacial score (nSPS) is 13.2. The molecule has 0 bridgehead atoms. The number of nitrogens with two attached hydrogens (primary N) is 1. The average Bonchev–Trinajstić information content (AvgIpc) is 2.34. The van der Waals surface area contributed by atoms with E-state index in [1.54, 1.807) is 12.3 Å². The van der Waals surface area contributed by atoms with Crippen LogP contribution in [0.3, 0.4) is 0 Å². The van der Waals surface area contributed by atoms with Gasteiger partial charge in [-0.25, -0.2) is 0 Å². The smallest absolute Gasteiger partial charge is 0.253 e. The van der Waals surface area contributed by atoms with Crippen molar-refractivity contribution in [3.63, 3.8) is 0 Å². The molecular formula is C11H16N4O2. The highest BCUT2D eigenvalue weighted by Crippen LogP contribution is 2.02. The van der Waals surface area contributed by atoms with E-state index in [9.17, 15) is 4.79 Å². The predicted molar refractivity (Wildman–Crippen MR) is 63.9 cm³/mol. The lowest BCUT2D eigenvalue weighted by atomic mass is 10.1. The van der Waals surface area contributed by atoms with E-state index in [0.29, 0.717) is 12.0 Å². The van der Waals surface area contributed by atoms with E-state index >= 15 is 0 Å². The zero-order chi connectivity index (χ0) is 12.8. The number of carbonyl (C=O) groups excluding carboxylic acids is 1. The van der Waals surface area contributed by atoms with E-state index in [4.69, 9.17) is 10.9 Å². The molecule has 0 spiro atoms. The van der Waals surface area contributed by atoms with Gasteiger partial charge in [0.25, 0.3) is 5.91 Å². The molecule has 1 heterocycles. The van der Waals surface area contributed by atoms with Crippen molar-refractivity contribution in [2.24, 2.45) is 10.9 Å². The van der Waals surface area contributed by atoms with Gasteiger partial charge in [0.05, 0.1) is 11.6 Å². The Hall–Kier alpha value is -2.11. The third-order valence-electron chi connectivity index (χ3n) is 2.32. The summed E-state index contributed by atoms with van der Waals surface area (Å²) in [6, 6.07) is 1.24. The van der Waals surface area contributed by atoms with Crippen molar-refractivity contribution in [3.05, 3.63) is 29.6 Å². The maximum atomic E-state index is 11.8. The van der Waals surface area contributed by atoms with Crippen LogP contribution in [0.15, 0.2) is 23.6 Å². The minimum absolute atomic E-state index is 0.0125. The molecule has 6 heteroatoms. The molecule has 0 radical (unpaired) electrons. The number of aryl methyl sites for hydroxylation is 1. The fourth-order valence-corrected chi connectivity index (χ4v) is 1.38. The topological polar surface area (TPSA) is 101 Å². The quantitative estimate of drug-likeness (QED) is 0.309. The van der Waals surface area contributed by atoms with Crippen LogP contribution in [0.5, 0.6) is 0 Å². The Morgan fingerprint density at radius 1 is 1.65 bits per heavy atom. The molecule has 4 N–H and O–H groups in total. The number of hydrogen-bond acceptors (Lipinski definition) is 4. The molecule has 1 unspecified atom stereocenters. The highest BCUT2D eigenvalue weighted by Gasteiger charge is 2.16. The first-order valence-corrected chi connectivity index (χ1v) is 5.28. The second kappa shape index (κ2) is 5.83. The summed E-state index contributed by atoms with van der Waals surface area (Å²) in [4.78, 5) is 15.8. The van der Waals surface area contributed by atoms with E-state index in [-0.39, 0.29) is 11.7 Å². The molecule has 0 saturated carbocycles. The number of aromatic nitrogens is 1. The van der Waals surface area contributed by atoms with E-state index in [1.165, 1.54) is 6.20 Å². The highest BCUT2D eigenvalue weighted by molar-refractivity contribution is 5.98. The molecule has 1 rings (SSSR count). The Bertz CT molecular complexity index is 431. The molecular weight excluding hydrogens is 220 g/mol. The van der Waals surface area contributed by atoms with Gasteiger partial charge in [0, 0.05) is 12.4 Å². The van der Waals surface area contributed by atoms with Gasteiger partial charge < -0.3 is 16.3 Å². The van der Waals surface area contributed by atoms with Crippen molar-refractivity contribution in [3.8, 4) is 0 Å². The summed E-state index contributed by atoms with van der Waals surface area (Å²) in [6.07, 6.45) is 3.68. The third-order valence-corrected chi connectivity index (χ3v) is 2.32. The zero-order valence-electron chi connectivity index (χ0n) is 9.84. The number of amides is 1. The maximum Gasteiger partial charge on any atom is 0.253 e. The molecule has 92 valence electrons. The first-order chi connectivity index (χ1) is 8.08. The van der Waals surface area contributed by atoms with E-state index < -0.39 is 6.04 Å². The van der Waals surface area contributed by atoms with Crippen LogP contribution in [0.4, 0.5) is 0 Å². The Morgan fingerprint density at radius 3 is 2.88 bits per heavy atom. The number of hydrogen-bond donors (Lipinski definition) is 3. The lowest BCUT2D eigenvalue weighted by molar-refractivity contribution is 0.0945. The van der Waals surface area contributed by atoms with Crippen LogP contribution in [-0.2, 0) is 0 Å². The summed E-state index contributed by atoms with van der Waals surface area (Å²) in [5, 5.41) is 14.1. The van der Waals surface area contributed by atoms with Gasteiger partial charge in [0.15, 0.2) is 5.84 Å². The fraction of sp³-hybridized carbons (Fsp3) is 0.364. The number of pyridine rings is 1. The molecule has 0 saturated heterocycles. The second-order valence-corrected chi connectivity index (χ2v) is 3.71. The van der Waals surface area contributed by atoms with Crippen molar-refractivity contribution < 1.29 is 10.0 Å². The molecule has 1 aromatic rings. The van der Waals surface area contributed by atoms with Gasteiger partial charge in [-0.2, -0.15) is 0 Å². The Balaban J connectivity index is 2.78. The lowest BCUT2D eigenvalue weighted by Gasteiger charge is -2.15. The second-order valence-electron chi connectivity index (χ2n) is 3.71. The van der Waals surface area contributed by atoms with Crippen molar-refractivity contribution in [1.29, 1.82) is 0 Å². The van der Waals surface area contributed by atoms with Gasteiger partial charge in [0.2, 0.25) is 0 Å². The van der Waals surface area contributed by atoms with Crippen molar-refractivity contribution >= 4 is 11.7 Å². The SMILES string of the molecule is CCC(NC(=O)c1cncc(C)c1)C(N)=NO. The van der Waals surface area contributed by atoms with Gasteiger partial charge in [-0.15, -0.1) is 0 Å². The molecule has 0 aromatic carbocycles. The fourth-order valence-electron chi connectivity index (χ4n) is 1.38. The van der Waals surface area contributed by atoms with Gasteiger partial charge in [0.1, 0.15) is 0 Å². The van der Waals surface area contributed by atoms with E-state index in [2.05, 4.69) is 15.5 Å². The summed E-state index contributed by atoms with van der Waals surface area (Å²) in [7, 11) is 0. The van der Waals surface area contributed by atoms with E-state index in [0.717, 1.165) is 5.56 Å². The van der Waals surface area contributed by atoms with Crippen molar-refractivity contribution in [1.82, 2.24) is 10.3 Å². The van der Waals surface area contributed by atoms with Gasteiger partial charge >= 0.3 is 0 Å². The summed E-state index contributed by atoms with van der Waals surface area (Å²) >= 11 is 0. The lowest BCUT2D eigenvalue weighted by Crippen LogP contribution is -2.44. The Morgan fingerprint density at radius 2 is 2.35 bits per heavy atom. The summed E-state index contributed by atoms with van der Waals surface area (Å²) < 4.78 is 0. The van der Waals surface area contributed by atoms with E-state index in [1.807, 2.05) is 13.8 Å². The monoisotopic (exact) mass is 236 g/mol. The molecule has 0 aliphatic heterocycles. The Labute approximate surface area is 99.5 Å². The van der Waals surface area contributed by atoms with Crippen LogP contribution in [0.1, 0.15) is 29.3 Å². The maximum absolute atomic E-state index is 11.8. The molecule has 0 aliphatic rings. The molecule has 1 aromatic heterocycles. The summed E-state index contributed by atoms with van der Waals surface area (Å²) in [5.74, 6) is -0.305. The van der Waals surface area contributed by atoms with Gasteiger partial charge in [-0.05, 0) is 25.0 Å². The first kappa shape index (κ1) is 13.0. The largest absolute Gasteiger partial charge is 0.409 e. The van der Waals surface area contributed by atoms with Gasteiger partial charge in [-0.1, -0.05) is 12.1 Å². The molecule has 17 heavy (non-hydrogen) atoms. The van der Waals surface area contributed by atoms with Crippen LogP contribution in [0.2, 0.25) is 0 Å². The molecule has 1 atom stereocenters. The molecule has 0 fully saturated rings. The van der Waals surface area contributed by atoms with Crippen LogP contribution >= 0.6 is 0 Å². The number of nitrogens with zero attached hydrogens (tertiary/aromatic N) is 2.